The van der Waals surface area contributed by atoms with Crippen LogP contribution in [0.3, 0.4) is 0 Å². The zero-order valence-electron chi connectivity index (χ0n) is 20.2. The summed E-state index contributed by atoms with van der Waals surface area (Å²) in [5.41, 5.74) is -1.25. The molecule has 2 aliphatic rings. The molecule has 1 saturated carbocycles. The molecule has 7 nitrogen and oxygen atoms in total. The smallest absolute Gasteiger partial charge is 0.384 e. The first-order valence-electron chi connectivity index (χ1n) is 12.2. The number of rotatable bonds is 6. The van der Waals surface area contributed by atoms with Gasteiger partial charge in [0, 0.05) is 36.9 Å². The fourth-order valence-corrected chi connectivity index (χ4v) is 5.19. The topological polar surface area (TPSA) is 85.8 Å². The van der Waals surface area contributed by atoms with Crippen LogP contribution in [0.1, 0.15) is 53.7 Å². The van der Waals surface area contributed by atoms with Crippen molar-refractivity contribution in [1.29, 1.82) is 0 Å². The first-order valence-corrected chi connectivity index (χ1v) is 12.2. The van der Waals surface area contributed by atoms with Gasteiger partial charge in [-0.3, -0.25) is 19.5 Å². The van der Waals surface area contributed by atoms with Gasteiger partial charge in [0.1, 0.15) is 5.60 Å². The molecular weight excluding hydrogens is 473 g/mol. The Morgan fingerprint density at radius 3 is 2.56 bits per heavy atom. The maximum atomic E-state index is 12.9. The molecule has 2 amide bonds. The van der Waals surface area contributed by atoms with Crippen molar-refractivity contribution in [2.24, 2.45) is 0 Å². The number of carbonyl (C=O) groups excluding carboxylic acids is 2. The van der Waals surface area contributed by atoms with E-state index in [4.69, 9.17) is 0 Å². The predicted molar refractivity (Wildman–Crippen MR) is 127 cm³/mol. The van der Waals surface area contributed by atoms with Crippen molar-refractivity contribution in [2.75, 3.05) is 26.7 Å². The summed E-state index contributed by atoms with van der Waals surface area (Å²) in [6.07, 6.45) is 0.828. The number of alkyl halides is 3. The third-order valence-electron chi connectivity index (χ3n) is 7.44. The molecule has 2 aromatic rings. The zero-order chi connectivity index (χ0) is 25.9. The summed E-state index contributed by atoms with van der Waals surface area (Å²) in [5, 5.41) is 13.5. The van der Waals surface area contributed by atoms with Gasteiger partial charge in [-0.2, -0.15) is 13.2 Å². The lowest BCUT2D eigenvalue weighted by molar-refractivity contribution is -0.137. The second-order valence-electron chi connectivity index (χ2n) is 9.69. The molecule has 0 unspecified atom stereocenters. The number of amides is 2. The number of nitrogens with one attached hydrogen (secondary N) is 1. The number of likely N-dealkylation sites (tertiary alicyclic amines) is 1. The van der Waals surface area contributed by atoms with Crippen molar-refractivity contribution < 1.29 is 27.9 Å². The molecule has 0 spiro atoms. The first-order chi connectivity index (χ1) is 17.1. The van der Waals surface area contributed by atoms with Crippen molar-refractivity contribution in [3.8, 4) is 0 Å². The van der Waals surface area contributed by atoms with Gasteiger partial charge in [0.25, 0.3) is 5.91 Å². The molecule has 4 rings (SSSR count). The largest absolute Gasteiger partial charge is 0.416 e. The van der Waals surface area contributed by atoms with Gasteiger partial charge >= 0.3 is 6.18 Å². The number of likely N-dealkylation sites (N-methyl/N-ethyl adjacent to an activating group) is 1. The van der Waals surface area contributed by atoms with Crippen molar-refractivity contribution in [3.63, 3.8) is 0 Å². The normalized spacial score (nSPS) is 24.7. The SMILES string of the molecule is CN(C1CCC(O)(c2ccccn2)CC1)[C@H]1CCN(C(=O)CNC(=O)c2cccc(C(F)(F)F)c2)C1. The summed E-state index contributed by atoms with van der Waals surface area (Å²) in [4.78, 5) is 33.3. The molecule has 0 bridgehead atoms. The van der Waals surface area contributed by atoms with Gasteiger partial charge in [-0.05, 0) is 69.5 Å². The standard InChI is InChI=1S/C26H31F3N4O3/c1-32(20-8-11-25(36,12-9-20)22-7-2-3-13-30-22)21-10-14-33(17-21)23(34)16-31-24(35)18-5-4-6-19(15-18)26(27,28)29/h2-7,13,15,20-21,36H,8-12,14,16-17H2,1H3,(H,31,35)/t20?,21-,25?/m0/s1. The van der Waals surface area contributed by atoms with E-state index < -0.39 is 23.2 Å². The summed E-state index contributed by atoms with van der Waals surface area (Å²) >= 11 is 0. The molecule has 2 N–H and O–H groups in total. The second kappa shape index (κ2) is 10.6. The number of aliphatic hydroxyl groups is 1. The van der Waals surface area contributed by atoms with Crippen LogP contribution in [0.4, 0.5) is 13.2 Å². The highest BCUT2D eigenvalue weighted by molar-refractivity contribution is 5.96. The van der Waals surface area contributed by atoms with Crippen LogP contribution in [-0.4, -0.2) is 70.5 Å². The van der Waals surface area contributed by atoms with Crippen molar-refractivity contribution in [2.45, 2.75) is 56.0 Å². The first kappa shape index (κ1) is 26.1. The lowest BCUT2D eigenvalue weighted by Gasteiger charge is -2.41. The molecule has 1 aliphatic carbocycles. The molecule has 36 heavy (non-hydrogen) atoms. The van der Waals surface area contributed by atoms with Crippen molar-refractivity contribution in [1.82, 2.24) is 20.1 Å². The Hall–Kier alpha value is -2.98. The van der Waals surface area contributed by atoms with Crippen LogP contribution in [0.25, 0.3) is 0 Å². The minimum Gasteiger partial charge on any atom is -0.384 e. The van der Waals surface area contributed by atoms with E-state index in [0.717, 1.165) is 31.4 Å². The molecule has 2 heterocycles. The minimum atomic E-state index is -4.54. The molecule has 1 aliphatic heterocycles. The van der Waals surface area contributed by atoms with Crippen LogP contribution < -0.4 is 5.32 Å². The third kappa shape index (κ3) is 5.87. The van der Waals surface area contributed by atoms with Gasteiger partial charge < -0.3 is 15.3 Å². The fraction of sp³-hybridized carbons (Fsp3) is 0.500. The number of carbonyl (C=O) groups is 2. The van der Waals surface area contributed by atoms with Crippen LogP contribution in [0.5, 0.6) is 0 Å². The monoisotopic (exact) mass is 504 g/mol. The predicted octanol–water partition coefficient (Wildman–Crippen LogP) is 3.19. The Labute approximate surface area is 208 Å². The molecular formula is C26H31F3N4O3. The number of halogens is 3. The summed E-state index contributed by atoms with van der Waals surface area (Å²) in [6.45, 7) is 0.805. The van der Waals surface area contributed by atoms with E-state index in [1.54, 1.807) is 11.1 Å². The number of aromatic nitrogens is 1. The molecule has 1 aromatic heterocycles. The molecule has 0 radical (unpaired) electrons. The summed E-state index contributed by atoms with van der Waals surface area (Å²) < 4.78 is 38.7. The third-order valence-corrected chi connectivity index (χ3v) is 7.44. The Bertz CT molecular complexity index is 1070. The van der Waals surface area contributed by atoms with E-state index in [2.05, 4.69) is 15.2 Å². The van der Waals surface area contributed by atoms with Gasteiger partial charge in [0.05, 0.1) is 17.8 Å². The van der Waals surface area contributed by atoms with Gasteiger partial charge in [-0.1, -0.05) is 12.1 Å². The lowest BCUT2D eigenvalue weighted by atomic mass is 9.79. The van der Waals surface area contributed by atoms with E-state index in [9.17, 15) is 27.9 Å². The second-order valence-corrected chi connectivity index (χ2v) is 9.69. The number of hydrogen-bond donors (Lipinski definition) is 2. The van der Waals surface area contributed by atoms with Crippen molar-refractivity contribution in [3.05, 3.63) is 65.5 Å². The average Bonchev–Trinajstić information content (AvgIpc) is 3.38. The van der Waals surface area contributed by atoms with Crippen LogP contribution in [0.2, 0.25) is 0 Å². The van der Waals surface area contributed by atoms with Gasteiger partial charge in [-0.25, -0.2) is 0 Å². The highest BCUT2D eigenvalue weighted by atomic mass is 19.4. The van der Waals surface area contributed by atoms with E-state index >= 15 is 0 Å². The fourth-order valence-electron chi connectivity index (χ4n) is 5.19. The Kier molecular flexibility index (Phi) is 7.65. The van der Waals surface area contributed by atoms with Crippen LogP contribution >= 0.6 is 0 Å². The van der Waals surface area contributed by atoms with Crippen molar-refractivity contribution >= 4 is 11.8 Å². The number of nitrogens with zero attached hydrogens (tertiary/aromatic N) is 3. The summed E-state index contributed by atoms with van der Waals surface area (Å²) in [7, 11) is 2.05. The Balaban J connectivity index is 1.25. The van der Waals surface area contributed by atoms with Gasteiger partial charge in [0.2, 0.25) is 5.91 Å². The van der Waals surface area contributed by atoms with Gasteiger partial charge in [0.15, 0.2) is 0 Å². The average molecular weight is 505 g/mol. The quantitative estimate of drug-likeness (QED) is 0.631. The van der Waals surface area contributed by atoms with Crippen LogP contribution in [0.15, 0.2) is 48.7 Å². The number of hydrogen-bond acceptors (Lipinski definition) is 5. The molecule has 10 heteroatoms. The zero-order valence-corrected chi connectivity index (χ0v) is 20.2. The van der Waals surface area contributed by atoms with E-state index in [1.807, 2.05) is 25.2 Å². The maximum absolute atomic E-state index is 12.9. The lowest BCUT2D eigenvalue weighted by Crippen LogP contribution is -2.47. The summed E-state index contributed by atoms with van der Waals surface area (Å²) in [5.74, 6) is -0.982. The molecule has 1 saturated heterocycles. The van der Waals surface area contributed by atoms with E-state index in [-0.39, 0.29) is 30.1 Å². The maximum Gasteiger partial charge on any atom is 0.416 e. The minimum absolute atomic E-state index is 0.139. The summed E-state index contributed by atoms with van der Waals surface area (Å²) in [6, 6.07) is 10.2. The van der Waals surface area contributed by atoms with Crippen LogP contribution in [0, 0.1) is 0 Å². The highest BCUT2D eigenvalue weighted by Crippen LogP contribution is 2.38. The number of benzene rings is 1. The van der Waals surface area contributed by atoms with E-state index in [0.29, 0.717) is 31.6 Å². The molecule has 1 atom stereocenters. The molecule has 194 valence electrons. The highest BCUT2D eigenvalue weighted by Gasteiger charge is 2.39. The van der Waals surface area contributed by atoms with Crippen LogP contribution in [-0.2, 0) is 16.6 Å². The molecule has 2 fully saturated rings. The Morgan fingerprint density at radius 1 is 1.14 bits per heavy atom. The van der Waals surface area contributed by atoms with E-state index in [1.165, 1.54) is 12.1 Å². The number of pyridine rings is 1. The molecule has 1 aromatic carbocycles. The van der Waals surface area contributed by atoms with Gasteiger partial charge in [-0.15, -0.1) is 0 Å². The Morgan fingerprint density at radius 2 is 1.89 bits per heavy atom.